The fourth-order valence-electron chi connectivity index (χ4n) is 4.38. The molecule has 4 rings (SSSR count). The van der Waals surface area contributed by atoms with Crippen LogP contribution in [0.25, 0.3) is 10.8 Å². The highest BCUT2D eigenvalue weighted by Gasteiger charge is 2.38. The summed E-state index contributed by atoms with van der Waals surface area (Å²) in [7, 11) is 1.69. The Labute approximate surface area is 153 Å². The van der Waals surface area contributed by atoms with Gasteiger partial charge in [0, 0.05) is 24.6 Å². The van der Waals surface area contributed by atoms with Crippen LogP contribution in [0.4, 0.5) is 0 Å². The third-order valence-electron chi connectivity index (χ3n) is 5.67. The van der Waals surface area contributed by atoms with Crippen LogP contribution < -0.4 is 10.1 Å². The van der Waals surface area contributed by atoms with Crippen molar-refractivity contribution < 1.29 is 9.53 Å². The topological polar surface area (TPSA) is 65.4 Å². The number of amides is 1. The zero-order chi connectivity index (χ0) is 18.1. The van der Waals surface area contributed by atoms with Crippen molar-refractivity contribution in [1.82, 2.24) is 10.2 Å². The fourth-order valence-corrected chi connectivity index (χ4v) is 4.38. The van der Waals surface area contributed by atoms with E-state index < -0.39 is 0 Å². The normalized spacial score (nSPS) is 25.4. The minimum Gasteiger partial charge on any atom is -0.496 e. The van der Waals surface area contributed by atoms with Gasteiger partial charge in [-0.25, -0.2) is 0 Å². The Kier molecular flexibility index (Phi) is 4.52. The number of nitriles is 1. The molecule has 1 amide bonds. The third kappa shape index (κ3) is 2.81. The summed E-state index contributed by atoms with van der Waals surface area (Å²) in [6.45, 7) is 1.43. The molecule has 0 aromatic heterocycles. The molecule has 0 saturated carbocycles. The van der Waals surface area contributed by atoms with Gasteiger partial charge in [0.25, 0.3) is 0 Å². The highest BCUT2D eigenvalue weighted by molar-refractivity contribution is 5.89. The lowest BCUT2D eigenvalue weighted by Crippen LogP contribution is -2.45. The highest BCUT2D eigenvalue weighted by atomic mass is 16.5. The number of hydrogen-bond donors (Lipinski definition) is 1. The van der Waals surface area contributed by atoms with E-state index in [2.05, 4.69) is 29.6 Å². The number of hydrogen-bond acceptors (Lipinski definition) is 4. The predicted octanol–water partition coefficient (Wildman–Crippen LogP) is 2.81. The molecule has 2 saturated heterocycles. The van der Waals surface area contributed by atoms with Gasteiger partial charge in [-0.15, -0.1) is 0 Å². The first kappa shape index (κ1) is 16.9. The van der Waals surface area contributed by atoms with Gasteiger partial charge < -0.3 is 15.0 Å². The first-order valence-electron chi connectivity index (χ1n) is 9.22. The number of likely N-dealkylation sites (tertiary alicyclic amines) is 1. The number of carbonyl (C=O) groups excluding carboxylic acids is 1. The molecule has 2 fully saturated rings. The molecule has 0 radical (unpaired) electrons. The monoisotopic (exact) mass is 349 g/mol. The van der Waals surface area contributed by atoms with Crippen LogP contribution in [0.2, 0.25) is 0 Å². The summed E-state index contributed by atoms with van der Waals surface area (Å²) in [6, 6.07) is 14.2. The quantitative estimate of drug-likeness (QED) is 0.925. The van der Waals surface area contributed by atoms with Gasteiger partial charge in [-0.3, -0.25) is 4.79 Å². The Morgan fingerprint density at radius 1 is 1.31 bits per heavy atom. The van der Waals surface area contributed by atoms with Gasteiger partial charge in [-0.2, -0.15) is 5.26 Å². The number of fused-ring (bicyclic) bond motifs is 1. The zero-order valence-electron chi connectivity index (χ0n) is 14.9. The molecule has 5 nitrogen and oxygen atoms in total. The maximum Gasteiger partial charge on any atom is 0.240 e. The molecule has 2 aliphatic rings. The molecule has 0 spiro atoms. The second-order valence-corrected chi connectivity index (χ2v) is 7.11. The fraction of sp³-hybridized carbons (Fsp3) is 0.429. The summed E-state index contributed by atoms with van der Waals surface area (Å²) in [5.41, 5.74) is 1.17. The van der Waals surface area contributed by atoms with E-state index in [1.165, 1.54) is 16.3 Å². The van der Waals surface area contributed by atoms with Crippen molar-refractivity contribution in [3.05, 3.63) is 42.0 Å². The molecule has 1 N–H and O–H groups in total. The van der Waals surface area contributed by atoms with Gasteiger partial charge in [-0.1, -0.05) is 30.3 Å². The van der Waals surface area contributed by atoms with Crippen LogP contribution in [0.3, 0.4) is 0 Å². The van der Waals surface area contributed by atoms with Crippen molar-refractivity contribution in [2.24, 2.45) is 0 Å². The summed E-state index contributed by atoms with van der Waals surface area (Å²) >= 11 is 0. The van der Waals surface area contributed by atoms with Crippen molar-refractivity contribution in [2.75, 3.05) is 20.2 Å². The standard InChI is InChI=1S/C21H23N3O2/c1-26-19-9-8-14-5-2-3-7-17(14)20(19)15-11-18(23-13-15)21(25)24-10-4-6-16(24)12-22/h2-3,5,7-9,15-16,18,23H,4,6,10-11,13H2,1H3/t15-,16-,18-/m0/s1. The molecule has 5 heteroatoms. The van der Waals surface area contributed by atoms with Gasteiger partial charge in [0.1, 0.15) is 11.8 Å². The van der Waals surface area contributed by atoms with E-state index in [4.69, 9.17) is 4.74 Å². The lowest BCUT2D eigenvalue weighted by molar-refractivity contribution is -0.133. The smallest absolute Gasteiger partial charge is 0.240 e. The minimum absolute atomic E-state index is 0.0655. The minimum atomic E-state index is -0.268. The van der Waals surface area contributed by atoms with Crippen molar-refractivity contribution in [2.45, 2.75) is 37.3 Å². The van der Waals surface area contributed by atoms with E-state index in [0.717, 1.165) is 31.6 Å². The predicted molar refractivity (Wildman–Crippen MR) is 100.0 cm³/mol. The molecule has 2 aromatic carbocycles. The van der Waals surface area contributed by atoms with Gasteiger partial charge in [0.15, 0.2) is 0 Å². The molecule has 3 atom stereocenters. The summed E-state index contributed by atoms with van der Waals surface area (Å²) < 4.78 is 5.63. The van der Waals surface area contributed by atoms with Crippen LogP contribution in [0, 0.1) is 11.3 Å². The number of benzene rings is 2. The summed E-state index contributed by atoms with van der Waals surface area (Å²) in [4.78, 5) is 14.6. The van der Waals surface area contributed by atoms with E-state index in [-0.39, 0.29) is 23.9 Å². The first-order valence-corrected chi connectivity index (χ1v) is 9.22. The largest absolute Gasteiger partial charge is 0.496 e. The molecule has 2 aliphatic heterocycles. The Morgan fingerprint density at radius 3 is 2.96 bits per heavy atom. The van der Waals surface area contributed by atoms with Crippen LogP contribution in [-0.4, -0.2) is 43.1 Å². The SMILES string of the molecule is COc1ccc2ccccc2c1[C@@H]1CN[C@H](C(=O)N2CCC[C@H]2C#N)C1. The third-order valence-corrected chi connectivity index (χ3v) is 5.67. The van der Waals surface area contributed by atoms with E-state index in [9.17, 15) is 10.1 Å². The maximum absolute atomic E-state index is 12.9. The molecule has 26 heavy (non-hydrogen) atoms. The average Bonchev–Trinajstić information content (AvgIpc) is 3.35. The first-order chi connectivity index (χ1) is 12.7. The van der Waals surface area contributed by atoms with Crippen LogP contribution in [-0.2, 0) is 4.79 Å². The van der Waals surface area contributed by atoms with Gasteiger partial charge >= 0.3 is 0 Å². The summed E-state index contributed by atoms with van der Waals surface area (Å²) in [6.07, 6.45) is 2.44. The summed E-state index contributed by atoms with van der Waals surface area (Å²) in [5.74, 6) is 1.16. The molecule has 2 aromatic rings. The maximum atomic E-state index is 12.9. The molecular weight excluding hydrogens is 326 g/mol. The van der Waals surface area contributed by atoms with E-state index >= 15 is 0 Å². The zero-order valence-corrected chi connectivity index (χ0v) is 14.9. The number of nitrogens with zero attached hydrogens (tertiary/aromatic N) is 2. The Morgan fingerprint density at radius 2 is 2.15 bits per heavy atom. The number of methoxy groups -OCH3 is 1. The molecular formula is C21H23N3O2. The van der Waals surface area contributed by atoms with Gasteiger partial charge in [-0.05, 0) is 36.1 Å². The van der Waals surface area contributed by atoms with Crippen molar-refractivity contribution >= 4 is 16.7 Å². The van der Waals surface area contributed by atoms with Gasteiger partial charge in [0.05, 0.1) is 19.2 Å². The number of nitrogens with one attached hydrogen (secondary N) is 1. The Hall–Kier alpha value is -2.58. The van der Waals surface area contributed by atoms with E-state index in [0.29, 0.717) is 6.54 Å². The molecule has 0 unspecified atom stereocenters. The van der Waals surface area contributed by atoms with Crippen LogP contribution in [0.5, 0.6) is 5.75 Å². The van der Waals surface area contributed by atoms with Crippen LogP contribution in [0.15, 0.2) is 36.4 Å². The Balaban J connectivity index is 1.60. The second-order valence-electron chi connectivity index (χ2n) is 7.11. The van der Waals surface area contributed by atoms with E-state index in [1.54, 1.807) is 12.0 Å². The second kappa shape index (κ2) is 6.97. The average molecular weight is 349 g/mol. The van der Waals surface area contributed by atoms with E-state index in [1.807, 2.05) is 18.2 Å². The van der Waals surface area contributed by atoms with Crippen molar-refractivity contribution in [1.29, 1.82) is 5.26 Å². The van der Waals surface area contributed by atoms with Crippen LogP contribution >= 0.6 is 0 Å². The number of carbonyl (C=O) groups is 1. The summed E-state index contributed by atoms with van der Waals surface area (Å²) in [5, 5.41) is 15.0. The molecule has 134 valence electrons. The highest BCUT2D eigenvalue weighted by Crippen LogP contribution is 2.38. The molecule has 0 bridgehead atoms. The van der Waals surface area contributed by atoms with Gasteiger partial charge in [0.2, 0.25) is 5.91 Å². The van der Waals surface area contributed by atoms with Crippen molar-refractivity contribution in [3.8, 4) is 11.8 Å². The molecule has 0 aliphatic carbocycles. The molecule has 2 heterocycles. The van der Waals surface area contributed by atoms with Crippen LogP contribution in [0.1, 0.15) is 30.7 Å². The Bertz CT molecular complexity index is 873. The number of ether oxygens (including phenoxy) is 1. The van der Waals surface area contributed by atoms with Crippen molar-refractivity contribution in [3.63, 3.8) is 0 Å². The lowest BCUT2D eigenvalue weighted by Gasteiger charge is -2.23. The number of rotatable bonds is 3. The lowest BCUT2D eigenvalue weighted by atomic mass is 9.90.